The van der Waals surface area contributed by atoms with E-state index in [2.05, 4.69) is 4.98 Å². The van der Waals surface area contributed by atoms with Crippen molar-refractivity contribution in [3.8, 4) is 0 Å². The molecule has 96 valence electrons. The number of carbonyl (C=O) groups is 2. The second-order valence-corrected chi connectivity index (χ2v) is 4.58. The minimum atomic E-state index is -0.174. The van der Waals surface area contributed by atoms with Crippen LogP contribution in [-0.4, -0.2) is 16.6 Å². The van der Waals surface area contributed by atoms with Gasteiger partial charge >= 0.3 is 0 Å². The van der Waals surface area contributed by atoms with Gasteiger partial charge in [-0.2, -0.15) is 0 Å². The van der Waals surface area contributed by atoms with Gasteiger partial charge < -0.3 is 0 Å². The van der Waals surface area contributed by atoms with Gasteiger partial charge in [-0.1, -0.05) is 23.8 Å². The molecule has 0 amide bonds. The Hall–Kier alpha value is -2.29. The van der Waals surface area contributed by atoms with E-state index in [1.807, 2.05) is 26.0 Å². The fourth-order valence-corrected chi connectivity index (χ4v) is 2.01. The predicted octanol–water partition coefficient (Wildman–Crippen LogP) is 3.15. The molecule has 1 aromatic carbocycles. The van der Waals surface area contributed by atoms with Gasteiger partial charge in [0.2, 0.25) is 0 Å². The lowest BCUT2D eigenvalue weighted by molar-refractivity contribution is 0.0894. The number of aromatic nitrogens is 1. The van der Waals surface area contributed by atoms with E-state index >= 15 is 0 Å². The molecule has 2 aromatic rings. The maximum absolute atomic E-state index is 12.1. The lowest BCUT2D eigenvalue weighted by Crippen LogP contribution is -2.10. The smallest absolute Gasteiger partial charge is 0.170 e. The van der Waals surface area contributed by atoms with Gasteiger partial charge in [-0.25, -0.2) is 0 Å². The monoisotopic (exact) mass is 253 g/mol. The van der Waals surface area contributed by atoms with Crippen LogP contribution >= 0.6 is 0 Å². The molecule has 0 N–H and O–H groups in total. The lowest BCUT2D eigenvalue weighted by Gasteiger charge is -2.05. The summed E-state index contributed by atoms with van der Waals surface area (Å²) in [6.45, 7) is 3.86. The Bertz CT molecular complexity index is 618. The number of benzene rings is 1. The highest BCUT2D eigenvalue weighted by atomic mass is 16.1. The molecule has 0 spiro atoms. The Labute approximate surface area is 112 Å². The maximum Gasteiger partial charge on any atom is 0.170 e. The zero-order valence-corrected chi connectivity index (χ0v) is 11.0. The van der Waals surface area contributed by atoms with Crippen molar-refractivity contribution >= 4 is 11.6 Å². The number of hydrogen-bond donors (Lipinski definition) is 0. The summed E-state index contributed by atoms with van der Waals surface area (Å²) in [6, 6.07) is 8.86. The summed E-state index contributed by atoms with van der Waals surface area (Å²) in [7, 11) is 0. The molecule has 0 radical (unpaired) electrons. The fraction of sp³-hybridized carbons (Fsp3) is 0.188. The summed E-state index contributed by atoms with van der Waals surface area (Å²) >= 11 is 0. The summed E-state index contributed by atoms with van der Waals surface area (Å²) < 4.78 is 0. The van der Waals surface area contributed by atoms with Gasteiger partial charge in [0.25, 0.3) is 0 Å². The van der Waals surface area contributed by atoms with Crippen LogP contribution in [-0.2, 0) is 0 Å². The van der Waals surface area contributed by atoms with Crippen LogP contribution in [0.4, 0.5) is 0 Å². The Morgan fingerprint density at radius 2 is 1.68 bits per heavy atom. The first-order chi connectivity index (χ1) is 9.08. The van der Waals surface area contributed by atoms with E-state index in [0.29, 0.717) is 11.1 Å². The van der Waals surface area contributed by atoms with E-state index in [9.17, 15) is 9.59 Å². The highest BCUT2D eigenvalue weighted by Gasteiger charge is 2.15. The maximum atomic E-state index is 12.1. The Morgan fingerprint density at radius 1 is 1.00 bits per heavy atom. The van der Waals surface area contributed by atoms with Gasteiger partial charge in [-0.15, -0.1) is 0 Å². The van der Waals surface area contributed by atoms with Crippen LogP contribution < -0.4 is 0 Å². The molecule has 0 fully saturated rings. The third-order valence-electron chi connectivity index (χ3n) is 3.01. The fourth-order valence-electron chi connectivity index (χ4n) is 2.01. The molecule has 0 aliphatic heterocycles. The Kier molecular flexibility index (Phi) is 3.85. The largest absolute Gasteiger partial charge is 0.294 e. The molecule has 3 heteroatoms. The number of nitrogens with zero attached hydrogens (tertiary/aromatic N) is 1. The molecule has 1 aromatic heterocycles. The standard InChI is InChI=1S/C16H15NO2/c1-11-3-4-14(12(2)9-11)16(19)10-15(18)13-5-7-17-8-6-13/h3-9H,10H2,1-2H3. The van der Waals surface area contributed by atoms with Crippen LogP contribution in [0.1, 0.15) is 38.3 Å². The number of hydrogen-bond acceptors (Lipinski definition) is 3. The molecule has 2 rings (SSSR count). The molecule has 0 aliphatic carbocycles. The average Bonchev–Trinajstić information content (AvgIpc) is 2.39. The van der Waals surface area contributed by atoms with Gasteiger partial charge in [0, 0.05) is 23.5 Å². The van der Waals surface area contributed by atoms with Crippen molar-refractivity contribution in [2.24, 2.45) is 0 Å². The van der Waals surface area contributed by atoms with Crippen molar-refractivity contribution in [2.75, 3.05) is 0 Å². The summed E-state index contributed by atoms with van der Waals surface area (Å²) in [5.41, 5.74) is 3.16. The van der Waals surface area contributed by atoms with Crippen molar-refractivity contribution in [3.63, 3.8) is 0 Å². The number of rotatable bonds is 4. The number of pyridine rings is 1. The van der Waals surface area contributed by atoms with Gasteiger partial charge in [0.15, 0.2) is 11.6 Å². The Morgan fingerprint density at radius 3 is 2.32 bits per heavy atom. The average molecular weight is 253 g/mol. The van der Waals surface area contributed by atoms with Crippen LogP contribution in [0.3, 0.4) is 0 Å². The molecule has 0 unspecified atom stereocenters. The summed E-state index contributed by atoms with van der Waals surface area (Å²) in [5.74, 6) is -0.313. The SMILES string of the molecule is Cc1ccc(C(=O)CC(=O)c2ccncc2)c(C)c1. The number of carbonyl (C=O) groups excluding carboxylic acids is 2. The molecular weight excluding hydrogens is 238 g/mol. The second-order valence-electron chi connectivity index (χ2n) is 4.58. The Balaban J connectivity index is 2.15. The van der Waals surface area contributed by atoms with E-state index < -0.39 is 0 Å². The van der Waals surface area contributed by atoms with E-state index in [1.54, 1.807) is 30.6 Å². The third-order valence-corrected chi connectivity index (χ3v) is 3.01. The lowest BCUT2D eigenvalue weighted by atomic mass is 9.97. The zero-order valence-electron chi connectivity index (χ0n) is 11.0. The zero-order chi connectivity index (χ0) is 13.8. The van der Waals surface area contributed by atoms with Gasteiger partial charge in [-0.3, -0.25) is 14.6 Å². The van der Waals surface area contributed by atoms with Crippen molar-refractivity contribution < 1.29 is 9.59 Å². The van der Waals surface area contributed by atoms with E-state index in [4.69, 9.17) is 0 Å². The van der Waals surface area contributed by atoms with Crippen molar-refractivity contribution in [1.82, 2.24) is 4.98 Å². The second kappa shape index (κ2) is 5.57. The number of ketones is 2. The first kappa shape index (κ1) is 13.1. The summed E-state index contributed by atoms with van der Waals surface area (Å²) in [6.07, 6.45) is 3.00. The minimum absolute atomic E-state index is 0.103. The highest BCUT2D eigenvalue weighted by Crippen LogP contribution is 2.14. The predicted molar refractivity (Wildman–Crippen MR) is 73.4 cm³/mol. The highest BCUT2D eigenvalue weighted by molar-refractivity contribution is 6.13. The van der Waals surface area contributed by atoms with Gasteiger partial charge in [0.1, 0.15) is 0 Å². The molecule has 0 atom stereocenters. The summed E-state index contributed by atoms with van der Waals surface area (Å²) in [5, 5.41) is 0. The van der Waals surface area contributed by atoms with E-state index in [1.165, 1.54) is 0 Å². The quantitative estimate of drug-likeness (QED) is 0.621. The summed E-state index contributed by atoms with van der Waals surface area (Å²) in [4.78, 5) is 27.9. The number of aryl methyl sites for hydroxylation is 2. The van der Waals surface area contributed by atoms with Crippen molar-refractivity contribution in [3.05, 3.63) is 65.0 Å². The third kappa shape index (κ3) is 3.13. The van der Waals surface area contributed by atoms with Crippen LogP contribution in [0.15, 0.2) is 42.7 Å². The van der Waals surface area contributed by atoms with Crippen molar-refractivity contribution in [2.45, 2.75) is 20.3 Å². The number of Topliss-reactive ketones (excluding diaryl/α,β-unsaturated/α-hetero) is 2. The van der Waals surface area contributed by atoms with Gasteiger partial charge in [-0.05, 0) is 31.5 Å². The van der Waals surface area contributed by atoms with Gasteiger partial charge in [0.05, 0.1) is 6.42 Å². The van der Waals surface area contributed by atoms with Crippen LogP contribution in [0.5, 0.6) is 0 Å². The molecule has 3 nitrogen and oxygen atoms in total. The van der Waals surface area contributed by atoms with Crippen LogP contribution in [0, 0.1) is 13.8 Å². The van der Waals surface area contributed by atoms with E-state index in [0.717, 1.165) is 11.1 Å². The molecule has 1 heterocycles. The minimum Gasteiger partial charge on any atom is -0.294 e. The first-order valence-electron chi connectivity index (χ1n) is 6.11. The molecule has 19 heavy (non-hydrogen) atoms. The molecule has 0 saturated carbocycles. The molecule has 0 aliphatic rings. The molecule has 0 saturated heterocycles. The normalized spacial score (nSPS) is 10.2. The van der Waals surface area contributed by atoms with Crippen molar-refractivity contribution in [1.29, 1.82) is 0 Å². The molecular formula is C16H15NO2. The van der Waals surface area contributed by atoms with Crippen LogP contribution in [0.25, 0.3) is 0 Å². The van der Waals surface area contributed by atoms with Crippen LogP contribution in [0.2, 0.25) is 0 Å². The topological polar surface area (TPSA) is 47.0 Å². The first-order valence-corrected chi connectivity index (χ1v) is 6.11. The molecule has 0 bridgehead atoms. The van der Waals surface area contributed by atoms with E-state index in [-0.39, 0.29) is 18.0 Å².